The van der Waals surface area contributed by atoms with Crippen molar-refractivity contribution in [2.75, 3.05) is 5.32 Å². The molecule has 2 rings (SSSR count). The van der Waals surface area contributed by atoms with Gasteiger partial charge in [-0.1, -0.05) is 48.0 Å². The van der Waals surface area contributed by atoms with E-state index in [-0.39, 0.29) is 12.3 Å². The van der Waals surface area contributed by atoms with E-state index in [1.54, 1.807) is 12.1 Å². The molecule has 0 unspecified atom stereocenters. The molecule has 0 aromatic heterocycles. The second kappa shape index (κ2) is 7.41. The van der Waals surface area contributed by atoms with Crippen molar-refractivity contribution in [1.29, 1.82) is 0 Å². The van der Waals surface area contributed by atoms with Crippen molar-refractivity contribution < 1.29 is 14.7 Å². The Hall–Kier alpha value is -2.62. The van der Waals surface area contributed by atoms with Crippen LogP contribution in [0, 0.1) is 12.8 Å². The van der Waals surface area contributed by atoms with Crippen LogP contribution in [0.3, 0.4) is 0 Å². The fourth-order valence-electron chi connectivity index (χ4n) is 2.24. The molecule has 0 aliphatic heterocycles. The molecule has 0 fully saturated rings. The fraction of sp³-hybridized carbons (Fsp3) is 0.222. The molecule has 2 aromatic carbocycles. The van der Waals surface area contributed by atoms with Crippen molar-refractivity contribution in [2.24, 2.45) is 5.92 Å². The smallest absolute Gasteiger partial charge is 0.304 e. The van der Waals surface area contributed by atoms with E-state index in [1.807, 2.05) is 49.4 Å². The molecular weight excluding hydrogens is 278 g/mol. The normalized spacial score (nSPS) is 11.7. The fourth-order valence-corrected chi connectivity index (χ4v) is 2.24. The van der Waals surface area contributed by atoms with Gasteiger partial charge in [-0.2, -0.15) is 0 Å². The number of carboxylic acids is 1. The third-order valence-electron chi connectivity index (χ3n) is 3.44. The van der Waals surface area contributed by atoms with E-state index in [9.17, 15) is 9.59 Å². The molecule has 2 N–H and O–H groups in total. The number of hydrogen-bond acceptors (Lipinski definition) is 2. The van der Waals surface area contributed by atoms with Gasteiger partial charge in [0.15, 0.2) is 0 Å². The van der Waals surface area contributed by atoms with Gasteiger partial charge in [-0.3, -0.25) is 9.59 Å². The Labute approximate surface area is 129 Å². The first kappa shape index (κ1) is 15.8. The number of anilines is 1. The van der Waals surface area contributed by atoms with E-state index < -0.39 is 11.9 Å². The zero-order valence-electron chi connectivity index (χ0n) is 12.5. The summed E-state index contributed by atoms with van der Waals surface area (Å²) in [7, 11) is 0. The van der Waals surface area contributed by atoms with E-state index in [1.165, 1.54) is 0 Å². The zero-order valence-corrected chi connectivity index (χ0v) is 12.5. The van der Waals surface area contributed by atoms with Crippen LogP contribution in [0.25, 0.3) is 0 Å². The van der Waals surface area contributed by atoms with Crippen molar-refractivity contribution in [3.8, 4) is 0 Å². The van der Waals surface area contributed by atoms with E-state index in [4.69, 9.17) is 5.11 Å². The maximum atomic E-state index is 12.3. The summed E-state index contributed by atoms with van der Waals surface area (Å²) in [5.41, 5.74) is 2.76. The third kappa shape index (κ3) is 4.74. The SMILES string of the molecule is Cc1ccc(C[C@H](CC(=O)O)C(=O)Nc2ccccc2)cc1. The number of hydrogen-bond donors (Lipinski definition) is 2. The molecule has 0 spiro atoms. The summed E-state index contributed by atoms with van der Waals surface area (Å²) in [6, 6.07) is 16.8. The largest absolute Gasteiger partial charge is 0.481 e. The second-order valence-electron chi connectivity index (χ2n) is 5.34. The number of amides is 1. The van der Waals surface area contributed by atoms with E-state index in [0.717, 1.165) is 11.1 Å². The summed E-state index contributed by atoms with van der Waals surface area (Å²) >= 11 is 0. The quantitative estimate of drug-likeness (QED) is 0.860. The molecule has 1 atom stereocenters. The number of aryl methyl sites for hydroxylation is 1. The Kier molecular flexibility index (Phi) is 5.31. The van der Waals surface area contributed by atoms with Gasteiger partial charge < -0.3 is 10.4 Å². The number of aliphatic carboxylic acids is 1. The van der Waals surface area contributed by atoms with E-state index in [2.05, 4.69) is 5.32 Å². The van der Waals surface area contributed by atoms with Crippen molar-refractivity contribution in [2.45, 2.75) is 19.8 Å². The van der Waals surface area contributed by atoms with Gasteiger partial charge in [-0.05, 0) is 31.0 Å². The van der Waals surface area contributed by atoms with Crippen LogP contribution in [0.15, 0.2) is 54.6 Å². The third-order valence-corrected chi connectivity index (χ3v) is 3.44. The Morgan fingerprint density at radius 3 is 2.27 bits per heavy atom. The Morgan fingerprint density at radius 1 is 1.05 bits per heavy atom. The van der Waals surface area contributed by atoms with Crippen molar-refractivity contribution in [3.63, 3.8) is 0 Å². The predicted molar refractivity (Wildman–Crippen MR) is 85.7 cm³/mol. The number of carbonyl (C=O) groups is 2. The van der Waals surface area contributed by atoms with Crippen LogP contribution in [0.1, 0.15) is 17.5 Å². The minimum atomic E-state index is -0.972. The second-order valence-corrected chi connectivity index (χ2v) is 5.34. The van der Waals surface area contributed by atoms with Gasteiger partial charge in [0.05, 0.1) is 12.3 Å². The molecule has 114 valence electrons. The summed E-state index contributed by atoms with van der Waals surface area (Å²) in [6.07, 6.45) is 0.220. The molecule has 0 bridgehead atoms. The van der Waals surface area contributed by atoms with Gasteiger partial charge in [-0.15, -0.1) is 0 Å². The van der Waals surface area contributed by atoms with Crippen LogP contribution in [-0.4, -0.2) is 17.0 Å². The summed E-state index contributed by atoms with van der Waals surface area (Å²) in [4.78, 5) is 23.4. The molecule has 0 aliphatic rings. The monoisotopic (exact) mass is 297 g/mol. The molecule has 0 radical (unpaired) electrons. The minimum Gasteiger partial charge on any atom is -0.481 e. The number of para-hydroxylation sites is 1. The maximum absolute atomic E-state index is 12.3. The molecule has 4 heteroatoms. The van der Waals surface area contributed by atoms with Gasteiger partial charge in [0, 0.05) is 5.69 Å². The molecule has 2 aromatic rings. The Bertz CT molecular complexity index is 635. The Morgan fingerprint density at radius 2 is 1.68 bits per heavy atom. The number of rotatable bonds is 6. The lowest BCUT2D eigenvalue weighted by Crippen LogP contribution is -2.27. The number of carbonyl (C=O) groups excluding carboxylic acids is 1. The molecule has 0 saturated carbocycles. The van der Waals surface area contributed by atoms with E-state index in [0.29, 0.717) is 12.1 Å². The highest BCUT2D eigenvalue weighted by molar-refractivity contribution is 5.94. The lowest BCUT2D eigenvalue weighted by molar-refractivity contribution is -0.140. The van der Waals surface area contributed by atoms with Crippen LogP contribution in [0.4, 0.5) is 5.69 Å². The number of benzene rings is 2. The first-order valence-corrected chi connectivity index (χ1v) is 7.18. The standard InChI is InChI=1S/C18H19NO3/c1-13-7-9-14(10-8-13)11-15(12-17(20)21)18(22)19-16-5-3-2-4-6-16/h2-10,15H,11-12H2,1H3,(H,19,22)(H,20,21)/t15-/m1/s1. The summed E-state index contributed by atoms with van der Waals surface area (Å²) < 4.78 is 0. The van der Waals surface area contributed by atoms with Gasteiger partial charge in [0.25, 0.3) is 0 Å². The highest BCUT2D eigenvalue weighted by atomic mass is 16.4. The molecule has 22 heavy (non-hydrogen) atoms. The first-order chi connectivity index (χ1) is 10.5. The molecule has 0 heterocycles. The zero-order chi connectivity index (χ0) is 15.9. The molecule has 4 nitrogen and oxygen atoms in total. The van der Waals surface area contributed by atoms with Crippen LogP contribution in [-0.2, 0) is 16.0 Å². The van der Waals surface area contributed by atoms with Crippen molar-refractivity contribution in [3.05, 3.63) is 65.7 Å². The molecule has 0 saturated heterocycles. The predicted octanol–water partition coefficient (Wildman–Crippen LogP) is 3.27. The van der Waals surface area contributed by atoms with E-state index >= 15 is 0 Å². The number of carboxylic acid groups (broad SMARTS) is 1. The van der Waals surface area contributed by atoms with Gasteiger partial charge in [0.2, 0.25) is 5.91 Å². The summed E-state index contributed by atoms with van der Waals surface area (Å²) in [6.45, 7) is 1.99. The molecule has 1 amide bonds. The van der Waals surface area contributed by atoms with Crippen LogP contribution in [0.2, 0.25) is 0 Å². The van der Waals surface area contributed by atoms with Gasteiger partial charge in [0.1, 0.15) is 0 Å². The number of nitrogens with one attached hydrogen (secondary N) is 1. The highest BCUT2D eigenvalue weighted by Gasteiger charge is 2.22. The van der Waals surface area contributed by atoms with Gasteiger partial charge in [-0.25, -0.2) is 0 Å². The average Bonchev–Trinajstić information content (AvgIpc) is 2.49. The average molecular weight is 297 g/mol. The molecular formula is C18H19NO3. The minimum absolute atomic E-state index is 0.188. The van der Waals surface area contributed by atoms with Crippen LogP contribution < -0.4 is 5.32 Å². The van der Waals surface area contributed by atoms with Crippen LogP contribution >= 0.6 is 0 Å². The first-order valence-electron chi connectivity index (χ1n) is 7.18. The lowest BCUT2D eigenvalue weighted by atomic mass is 9.94. The van der Waals surface area contributed by atoms with Crippen molar-refractivity contribution in [1.82, 2.24) is 0 Å². The van der Waals surface area contributed by atoms with Crippen LogP contribution in [0.5, 0.6) is 0 Å². The topological polar surface area (TPSA) is 66.4 Å². The lowest BCUT2D eigenvalue weighted by Gasteiger charge is -2.15. The maximum Gasteiger partial charge on any atom is 0.304 e. The molecule has 0 aliphatic carbocycles. The highest BCUT2D eigenvalue weighted by Crippen LogP contribution is 2.16. The van der Waals surface area contributed by atoms with Crippen molar-refractivity contribution >= 4 is 17.6 Å². The van der Waals surface area contributed by atoms with Gasteiger partial charge >= 0.3 is 5.97 Å². The summed E-state index contributed by atoms with van der Waals surface area (Å²) in [5, 5.41) is 11.8. The summed E-state index contributed by atoms with van der Waals surface area (Å²) in [5.74, 6) is -1.84. The Balaban J connectivity index is 2.09.